The number of ether oxygens (including phenoxy) is 1. The molecule has 2 unspecified atom stereocenters. The van der Waals surface area contributed by atoms with Gasteiger partial charge in [-0.1, -0.05) is 20.3 Å². The highest BCUT2D eigenvalue weighted by molar-refractivity contribution is 4.99. The lowest BCUT2D eigenvalue weighted by Gasteiger charge is -2.09. The summed E-state index contributed by atoms with van der Waals surface area (Å²) in [4.78, 5) is 0. The van der Waals surface area contributed by atoms with Crippen molar-refractivity contribution in [1.82, 2.24) is 5.32 Å². The zero-order chi connectivity index (χ0) is 9.73. The molecular formula is C11H23NO. The molecule has 2 atom stereocenters. The lowest BCUT2D eigenvalue weighted by atomic mass is 10.0. The van der Waals surface area contributed by atoms with E-state index in [1.165, 1.54) is 25.8 Å². The van der Waals surface area contributed by atoms with Gasteiger partial charge in [0.1, 0.15) is 0 Å². The van der Waals surface area contributed by atoms with E-state index in [9.17, 15) is 0 Å². The molecule has 1 saturated carbocycles. The molecule has 1 fully saturated rings. The van der Waals surface area contributed by atoms with E-state index in [1.54, 1.807) is 7.11 Å². The summed E-state index contributed by atoms with van der Waals surface area (Å²) >= 11 is 0. The molecule has 0 heterocycles. The van der Waals surface area contributed by atoms with Gasteiger partial charge in [-0.2, -0.15) is 0 Å². The molecule has 1 aliphatic carbocycles. The Kier molecular flexibility index (Phi) is 4.20. The molecular weight excluding hydrogens is 162 g/mol. The van der Waals surface area contributed by atoms with Crippen LogP contribution in [0.2, 0.25) is 0 Å². The van der Waals surface area contributed by atoms with Crippen LogP contribution < -0.4 is 5.32 Å². The van der Waals surface area contributed by atoms with Crippen molar-refractivity contribution in [2.45, 2.75) is 33.1 Å². The Morgan fingerprint density at radius 1 is 1.54 bits per heavy atom. The second kappa shape index (κ2) is 4.97. The van der Waals surface area contributed by atoms with Gasteiger partial charge in [0.05, 0.1) is 6.61 Å². The van der Waals surface area contributed by atoms with Crippen LogP contribution in [0.25, 0.3) is 0 Å². The molecule has 1 aliphatic rings. The van der Waals surface area contributed by atoms with Crippen molar-refractivity contribution < 1.29 is 4.74 Å². The average molecular weight is 185 g/mol. The summed E-state index contributed by atoms with van der Waals surface area (Å²) in [7, 11) is 1.75. The standard InChI is InChI=1S/C11H23NO/c1-4-5-11(2)8-10(11)9-12-6-7-13-3/h10,12H,4-9H2,1-3H3. The highest BCUT2D eigenvalue weighted by atomic mass is 16.5. The van der Waals surface area contributed by atoms with Gasteiger partial charge in [0.2, 0.25) is 0 Å². The lowest BCUT2D eigenvalue weighted by Crippen LogP contribution is -2.23. The first-order chi connectivity index (χ1) is 6.23. The molecule has 1 rings (SSSR count). The fourth-order valence-electron chi connectivity index (χ4n) is 2.15. The molecule has 0 saturated heterocycles. The number of rotatable bonds is 7. The molecule has 0 spiro atoms. The van der Waals surface area contributed by atoms with Crippen molar-refractivity contribution in [3.05, 3.63) is 0 Å². The van der Waals surface area contributed by atoms with Crippen LogP contribution in [0.4, 0.5) is 0 Å². The minimum absolute atomic E-state index is 0.662. The summed E-state index contributed by atoms with van der Waals surface area (Å²) < 4.78 is 4.98. The second-order valence-electron chi connectivity index (χ2n) is 4.50. The van der Waals surface area contributed by atoms with Gasteiger partial charge in [-0.3, -0.25) is 0 Å². The molecule has 0 aromatic rings. The zero-order valence-electron chi connectivity index (χ0n) is 9.23. The van der Waals surface area contributed by atoms with Crippen LogP contribution in [0.5, 0.6) is 0 Å². The highest BCUT2D eigenvalue weighted by Crippen LogP contribution is 2.54. The van der Waals surface area contributed by atoms with Crippen molar-refractivity contribution in [2.24, 2.45) is 11.3 Å². The van der Waals surface area contributed by atoms with Crippen LogP contribution >= 0.6 is 0 Å². The van der Waals surface area contributed by atoms with Gasteiger partial charge in [0.15, 0.2) is 0 Å². The first-order valence-corrected chi connectivity index (χ1v) is 5.42. The fraction of sp³-hybridized carbons (Fsp3) is 1.00. The third kappa shape index (κ3) is 3.28. The van der Waals surface area contributed by atoms with Gasteiger partial charge < -0.3 is 10.1 Å². The maximum atomic E-state index is 4.98. The number of hydrogen-bond acceptors (Lipinski definition) is 2. The van der Waals surface area contributed by atoms with Gasteiger partial charge in [-0.05, 0) is 30.7 Å². The average Bonchev–Trinajstić information content (AvgIpc) is 2.72. The molecule has 0 amide bonds. The predicted molar refractivity (Wildman–Crippen MR) is 55.9 cm³/mol. The minimum Gasteiger partial charge on any atom is -0.383 e. The molecule has 2 nitrogen and oxygen atoms in total. The first kappa shape index (κ1) is 11.0. The Hall–Kier alpha value is -0.0800. The Morgan fingerprint density at radius 3 is 2.92 bits per heavy atom. The van der Waals surface area contributed by atoms with Gasteiger partial charge in [0, 0.05) is 13.7 Å². The number of methoxy groups -OCH3 is 1. The summed E-state index contributed by atoms with van der Waals surface area (Å²) in [5.74, 6) is 0.921. The van der Waals surface area contributed by atoms with Crippen molar-refractivity contribution >= 4 is 0 Å². The van der Waals surface area contributed by atoms with E-state index in [2.05, 4.69) is 19.2 Å². The molecule has 0 radical (unpaired) electrons. The molecule has 0 aliphatic heterocycles. The van der Waals surface area contributed by atoms with Crippen LogP contribution in [0.15, 0.2) is 0 Å². The number of hydrogen-bond donors (Lipinski definition) is 1. The topological polar surface area (TPSA) is 21.3 Å². The predicted octanol–water partition coefficient (Wildman–Crippen LogP) is 2.05. The van der Waals surface area contributed by atoms with Gasteiger partial charge in [-0.25, -0.2) is 0 Å². The summed E-state index contributed by atoms with van der Waals surface area (Å²) in [5, 5.41) is 3.44. The molecule has 0 aromatic carbocycles. The Morgan fingerprint density at radius 2 is 2.31 bits per heavy atom. The normalized spacial score (nSPS) is 32.1. The van der Waals surface area contributed by atoms with Crippen LogP contribution in [0.1, 0.15) is 33.1 Å². The van der Waals surface area contributed by atoms with Crippen LogP contribution in [-0.4, -0.2) is 26.8 Å². The third-order valence-corrected chi connectivity index (χ3v) is 3.23. The number of nitrogens with one attached hydrogen (secondary N) is 1. The van der Waals surface area contributed by atoms with Gasteiger partial charge in [-0.15, -0.1) is 0 Å². The maximum Gasteiger partial charge on any atom is 0.0587 e. The highest BCUT2D eigenvalue weighted by Gasteiger charge is 2.47. The van der Waals surface area contributed by atoms with Crippen molar-refractivity contribution in [3.8, 4) is 0 Å². The van der Waals surface area contributed by atoms with E-state index in [0.717, 1.165) is 19.1 Å². The molecule has 1 N–H and O–H groups in total. The Balaban J connectivity index is 2.00. The van der Waals surface area contributed by atoms with E-state index in [4.69, 9.17) is 4.74 Å². The second-order valence-corrected chi connectivity index (χ2v) is 4.50. The third-order valence-electron chi connectivity index (χ3n) is 3.23. The van der Waals surface area contributed by atoms with E-state index < -0.39 is 0 Å². The van der Waals surface area contributed by atoms with Crippen molar-refractivity contribution in [3.63, 3.8) is 0 Å². The summed E-state index contributed by atoms with van der Waals surface area (Å²) in [6, 6.07) is 0. The SMILES string of the molecule is CCCC1(C)CC1CNCCOC. The Bertz CT molecular complexity index is 149. The minimum atomic E-state index is 0.662. The molecule has 0 aromatic heterocycles. The van der Waals surface area contributed by atoms with Crippen LogP contribution in [0.3, 0.4) is 0 Å². The van der Waals surface area contributed by atoms with Crippen molar-refractivity contribution in [1.29, 1.82) is 0 Å². The van der Waals surface area contributed by atoms with E-state index in [0.29, 0.717) is 5.41 Å². The summed E-state index contributed by atoms with van der Waals surface area (Å²) in [5.41, 5.74) is 0.662. The van der Waals surface area contributed by atoms with E-state index in [1.807, 2.05) is 0 Å². The van der Waals surface area contributed by atoms with Crippen LogP contribution in [-0.2, 0) is 4.74 Å². The Labute approximate surface area is 82.0 Å². The van der Waals surface area contributed by atoms with Crippen LogP contribution in [0, 0.1) is 11.3 Å². The quantitative estimate of drug-likeness (QED) is 0.613. The first-order valence-electron chi connectivity index (χ1n) is 5.42. The maximum absolute atomic E-state index is 4.98. The molecule has 13 heavy (non-hydrogen) atoms. The molecule has 0 bridgehead atoms. The van der Waals surface area contributed by atoms with Crippen molar-refractivity contribution in [2.75, 3.05) is 26.8 Å². The monoisotopic (exact) mass is 185 g/mol. The summed E-state index contributed by atoms with van der Waals surface area (Å²) in [6.07, 6.45) is 4.13. The molecule has 78 valence electrons. The smallest absolute Gasteiger partial charge is 0.0587 e. The molecule has 2 heteroatoms. The lowest BCUT2D eigenvalue weighted by molar-refractivity contribution is 0.198. The van der Waals surface area contributed by atoms with Gasteiger partial charge >= 0.3 is 0 Å². The zero-order valence-corrected chi connectivity index (χ0v) is 9.23. The van der Waals surface area contributed by atoms with E-state index in [-0.39, 0.29) is 0 Å². The fourth-order valence-corrected chi connectivity index (χ4v) is 2.15. The summed E-state index contributed by atoms with van der Waals surface area (Å²) in [6.45, 7) is 7.70. The van der Waals surface area contributed by atoms with E-state index >= 15 is 0 Å². The van der Waals surface area contributed by atoms with Gasteiger partial charge in [0.25, 0.3) is 0 Å². The largest absolute Gasteiger partial charge is 0.383 e.